The third kappa shape index (κ3) is 4.35. The minimum Gasteiger partial charge on any atom is -0.507 e. The monoisotopic (exact) mass is 312 g/mol. The van der Waals surface area contributed by atoms with E-state index in [0.717, 1.165) is 42.0 Å². The first-order valence-electron chi connectivity index (χ1n) is 8.23. The van der Waals surface area contributed by atoms with E-state index in [1.165, 1.54) is 18.9 Å². The number of aromatic carboxylic acids is 1. The van der Waals surface area contributed by atoms with Crippen LogP contribution in [0.4, 0.5) is 0 Å². The van der Waals surface area contributed by atoms with Gasteiger partial charge in [0.05, 0.1) is 0 Å². The number of hydrogen-bond donors (Lipinski definition) is 2. The van der Waals surface area contributed by atoms with E-state index in [1.807, 2.05) is 30.3 Å². The van der Waals surface area contributed by atoms with Crippen LogP contribution >= 0.6 is 0 Å². The number of fused-ring (bicyclic) bond motifs is 1. The zero-order valence-electron chi connectivity index (χ0n) is 13.4. The van der Waals surface area contributed by atoms with Gasteiger partial charge in [0.25, 0.3) is 0 Å². The molecular weight excluding hydrogens is 288 g/mol. The number of carbonyl (C=O) groups is 1. The molecule has 2 aromatic carbocycles. The summed E-state index contributed by atoms with van der Waals surface area (Å²) in [5.74, 6) is -1.20. The maximum atomic E-state index is 11.5. The van der Waals surface area contributed by atoms with E-state index in [2.05, 4.69) is 6.58 Å². The SMILES string of the molecule is C=CCCCCCCCc1c(C(=O)O)c(O)cc2ccccc12. The van der Waals surface area contributed by atoms with Gasteiger partial charge in [-0.3, -0.25) is 0 Å². The number of unbranched alkanes of at least 4 members (excludes halogenated alkanes) is 5. The second kappa shape index (κ2) is 8.37. The number of phenols is 1. The lowest BCUT2D eigenvalue weighted by Crippen LogP contribution is -2.04. The maximum Gasteiger partial charge on any atom is 0.339 e. The lowest BCUT2D eigenvalue weighted by molar-refractivity contribution is 0.0692. The summed E-state index contributed by atoms with van der Waals surface area (Å²) in [7, 11) is 0. The molecule has 0 aromatic heterocycles. The van der Waals surface area contributed by atoms with Crippen molar-refractivity contribution in [3.8, 4) is 5.75 Å². The molecule has 23 heavy (non-hydrogen) atoms. The van der Waals surface area contributed by atoms with E-state index in [1.54, 1.807) is 0 Å². The lowest BCUT2D eigenvalue weighted by atomic mass is 9.93. The van der Waals surface area contributed by atoms with Gasteiger partial charge in [-0.15, -0.1) is 6.58 Å². The summed E-state index contributed by atoms with van der Waals surface area (Å²) in [6, 6.07) is 9.17. The third-order valence-electron chi connectivity index (χ3n) is 4.18. The van der Waals surface area contributed by atoms with Gasteiger partial charge in [0.15, 0.2) is 0 Å². The molecule has 0 radical (unpaired) electrons. The van der Waals surface area contributed by atoms with Gasteiger partial charge in [-0.2, -0.15) is 0 Å². The first-order chi connectivity index (χ1) is 11.1. The van der Waals surface area contributed by atoms with E-state index in [-0.39, 0.29) is 11.3 Å². The second-order valence-corrected chi connectivity index (χ2v) is 5.87. The molecule has 0 saturated carbocycles. The average Bonchev–Trinajstić information content (AvgIpc) is 2.53. The topological polar surface area (TPSA) is 57.5 Å². The highest BCUT2D eigenvalue weighted by Crippen LogP contribution is 2.31. The van der Waals surface area contributed by atoms with Gasteiger partial charge in [0.1, 0.15) is 11.3 Å². The number of carboxylic acids is 1. The van der Waals surface area contributed by atoms with Gasteiger partial charge in [-0.25, -0.2) is 4.79 Å². The molecule has 0 spiro atoms. The summed E-state index contributed by atoms with van der Waals surface area (Å²) >= 11 is 0. The number of carboxylic acid groups (broad SMARTS) is 1. The fourth-order valence-electron chi connectivity index (χ4n) is 3.03. The van der Waals surface area contributed by atoms with Gasteiger partial charge in [0.2, 0.25) is 0 Å². The largest absolute Gasteiger partial charge is 0.507 e. The number of rotatable bonds is 9. The highest BCUT2D eigenvalue weighted by molar-refractivity contribution is 6.00. The zero-order chi connectivity index (χ0) is 16.7. The summed E-state index contributed by atoms with van der Waals surface area (Å²) in [6.07, 6.45) is 9.17. The molecule has 0 saturated heterocycles. The molecule has 0 aliphatic carbocycles. The smallest absolute Gasteiger partial charge is 0.339 e. The molecule has 0 unspecified atom stereocenters. The van der Waals surface area contributed by atoms with E-state index < -0.39 is 5.97 Å². The van der Waals surface area contributed by atoms with Crippen LogP contribution in [0.3, 0.4) is 0 Å². The highest BCUT2D eigenvalue weighted by atomic mass is 16.4. The quantitative estimate of drug-likeness (QED) is 0.487. The molecule has 0 heterocycles. The Hall–Kier alpha value is -2.29. The first kappa shape index (κ1) is 17.1. The van der Waals surface area contributed by atoms with Gasteiger partial charge >= 0.3 is 5.97 Å². The van der Waals surface area contributed by atoms with Crippen LogP contribution in [0.25, 0.3) is 10.8 Å². The lowest BCUT2D eigenvalue weighted by Gasteiger charge is -2.12. The summed E-state index contributed by atoms with van der Waals surface area (Å²) in [4.78, 5) is 11.5. The maximum absolute atomic E-state index is 11.5. The third-order valence-corrected chi connectivity index (χ3v) is 4.18. The van der Waals surface area contributed by atoms with E-state index >= 15 is 0 Å². The van der Waals surface area contributed by atoms with Crippen molar-refractivity contribution < 1.29 is 15.0 Å². The van der Waals surface area contributed by atoms with E-state index in [4.69, 9.17) is 0 Å². The zero-order valence-corrected chi connectivity index (χ0v) is 13.4. The number of aryl methyl sites for hydroxylation is 1. The number of benzene rings is 2. The minimum absolute atomic E-state index is 0.0513. The Balaban J connectivity index is 2.13. The Kier molecular flexibility index (Phi) is 6.21. The number of aromatic hydroxyl groups is 1. The molecular formula is C20H24O3. The summed E-state index contributed by atoms with van der Waals surface area (Å²) in [5.41, 5.74) is 0.801. The van der Waals surface area contributed by atoms with Crippen molar-refractivity contribution in [1.29, 1.82) is 0 Å². The van der Waals surface area contributed by atoms with Crippen LogP contribution in [0, 0.1) is 0 Å². The van der Waals surface area contributed by atoms with Crippen LogP contribution < -0.4 is 0 Å². The molecule has 0 amide bonds. The number of allylic oxidation sites excluding steroid dienone is 1. The molecule has 2 aromatic rings. The Morgan fingerprint density at radius 2 is 1.78 bits per heavy atom. The molecule has 0 aliphatic rings. The molecule has 2 N–H and O–H groups in total. The standard InChI is InChI=1S/C20H24O3/c1-2-3-4-5-6-7-8-13-17-16-12-10-9-11-15(16)14-18(21)19(17)20(22)23/h2,9-12,14,21H,1,3-8,13H2,(H,22,23). The second-order valence-electron chi connectivity index (χ2n) is 5.87. The van der Waals surface area contributed by atoms with Crippen LogP contribution in [0.2, 0.25) is 0 Å². The molecule has 0 bridgehead atoms. The molecule has 3 nitrogen and oxygen atoms in total. The van der Waals surface area contributed by atoms with E-state index in [0.29, 0.717) is 6.42 Å². The van der Waals surface area contributed by atoms with Crippen LogP contribution in [0.15, 0.2) is 43.0 Å². The average molecular weight is 312 g/mol. The Morgan fingerprint density at radius 3 is 2.52 bits per heavy atom. The normalized spacial score (nSPS) is 10.8. The molecule has 0 fully saturated rings. The van der Waals surface area contributed by atoms with Crippen LogP contribution in [0.5, 0.6) is 5.75 Å². The highest BCUT2D eigenvalue weighted by Gasteiger charge is 2.18. The predicted octanol–water partition coefficient (Wildman–Crippen LogP) is 5.31. The van der Waals surface area contributed by atoms with Crippen molar-refractivity contribution in [1.82, 2.24) is 0 Å². The van der Waals surface area contributed by atoms with Crippen molar-refractivity contribution in [3.05, 3.63) is 54.1 Å². The Morgan fingerprint density at radius 1 is 1.09 bits per heavy atom. The Bertz CT molecular complexity index is 689. The van der Waals surface area contributed by atoms with Gasteiger partial charge < -0.3 is 10.2 Å². The van der Waals surface area contributed by atoms with Crippen molar-refractivity contribution in [2.75, 3.05) is 0 Å². The molecule has 2 rings (SSSR count). The molecule has 122 valence electrons. The fourth-order valence-corrected chi connectivity index (χ4v) is 3.03. The molecule has 0 aliphatic heterocycles. The molecule has 0 atom stereocenters. The number of hydrogen-bond acceptors (Lipinski definition) is 2. The summed E-state index contributed by atoms with van der Waals surface area (Å²) in [6.45, 7) is 3.72. The minimum atomic E-state index is -1.06. The summed E-state index contributed by atoms with van der Waals surface area (Å²) < 4.78 is 0. The van der Waals surface area contributed by atoms with Gasteiger partial charge in [0, 0.05) is 0 Å². The molecule has 3 heteroatoms. The van der Waals surface area contributed by atoms with E-state index in [9.17, 15) is 15.0 Å². The van der Waals surface area contributed by atoms with Crippen LogP contribution in [-0.2, 0) is 6.42 Å². The predicted molar refractivity (Wildman–Crippen MR) is 94.2 cm³/mol. The van der Waals surface area contributed by atoms with Crippen molar-refractivity contribution in [3.63, 3.8) is 0 Å². The van der Waals surface area contributed by atoms with Crippen molar-refractivity contribution in [2.45, 2.75) is 44.9 Å². The Labute approximate surface area is 137 Å². The van der Waals surface area contributed by atoms with Crippen LogP contribution in [0.1, 0.15) is 54.4 Å². The van der Waals surface area contributed by atoms with Gasteiger partial charge in [-0.1, -0.05) is 49.6 Å². The first-order valence-corrected chi connectivity index (χ1v) is 8.23. The van der Waals surface area contributed by atoms with Crippen molar-refractivity contribution in [2.24, 2.45) is 0 Å². The van der Waals surface area contributed by atoms with Gasteiger partial charge in [-0.05, 0) is 48.1 Å². The van der Waals surface area contributed by atoms with Crippen molar-refractivity contribution >= 4 is 16.7 Å². The summed E-state index contributed by atoms with van der Waals surface area (Å²) in [5, 5.41) is 21.3. The van der Waals surface area contributed by atoms with Crippen LogP contribution in [-0.4, -0.2) is 16.2 Å². The fraction of sp³-hybridized carbons (Fsp3) is 0.350.